The fourth-order valence-electron chi connectivity index (χ4n) is 1.01. The van der Waals surface area contributed by atoms with Gasteiger partial charge < -0.3 is 10.8 Å². The molecule has 0 radical (unpaired) electrons. The first-order valence-corrected chi connectivity index (χ1v) is 3.85. The van der Waals surface area contributed by atoms with E-state index in [1.165, 1.54) is 0 Å². The van der Waals surface area contributed by atoms with Crippen LogP contribution in [0.4, 0.5) is 26.3 Å². The molecule has 1 rings (SSSR count). The largest absolute Gasteiger partial charge is 0.503 e. The molecular weight excluding hydrogens is 240 g/mol. The SMILES string of the molecule is N[C@H](c1cc(F)c(F)c(O)c1F)C(F)(F)F. The van der Waals surface area contributed by atoms with Crippen molar-refractivity contribution in [2.45, 2.75) is 12.2 Å². The fourth-order valence-corrected chi connectivity index (χ4v) is 1.01. The number of nitrogens with two attached hydrogens (primary N) is 1. The van der Waals surface area contributed by atoms with Crippen LogP contribution in [0.2, 0.25) is 0 Å². The average molecular weight is 245 g/mol. The van der Waals surface area contributed by atoms with Crippen LogP contribution in [0.15, 0.2) is 6.07 Å². The second-order valence-electron chi connectivity index (χ2n) is 2.94. The third-order valence-corrected chi connectivity index (χ3v) is 1.85. The molecule has 0 amide bonds. The zero-order chi connectivity index (χ0) is 12.7. The molecule has 16 heavy (non-hydrogen) atoms. The predicted molar refractivity (Wildman–Crippen MR) is 41.0 cm³/mol. The lowest BCUT2D eigenvalue weighted by Crippen LogP contribution is -2.29. The molecule has 90 valence electrons. The van der Waals surface area contributed by atoms with Crippen LogP contribution < -0.4 is 5.73 Å². The Bertz CT molecular complexity index is 416. The Hall–Kier alpha value is -1.44. The molecule has 2 nitrogen and oxygen atoms in total. The van der Waals surface area contributed by atoms with Crippen molar-refractivity contribution in [1.29, 1.82) is 0 Å². The Labute approximate surface area is 85.3 Å². The van der Waals surface area contributed by atoms with Crippen LogP contribution in [0.25, 0.3) is 0 Å². The first kappa shape index (κ1) is 12.6. The van der Waals surface area contributed by atoms with Crippen molar-refractivity contribution in [2.75, 3.05) is 0 Å². The van der Waals surface area contributed by atoms with Gasteiger partial charge in [-0.3, -0.25) is 0 Å². The number of alkyl halides is 3. The van der Waals surface area contributed by atoms with Gasteiger partial charge in [-0.15, -0.1) is 0 Å². The summed E-state index contributed by atoms with van der Waals surface area (Å²) in [5, 5.41) is 8.67. The molecule has 1 atom stereocenters. The Morgan fingerprint density at radius 3 is 2.06 bits per heavy atom. The van der Waals surface area contributed by atoms with Gasteiger partial charge in [0.25, 0.3) is 0 Å². The van der Waals surface area contributed by atoms with Crippen LogP contribution in [0.5, 0.6) is 5.75 Å². The molecule has 0 spiro atoms. The van der Waals surface area contributed by atoms with Gasteiger partial charge >= 0.3 is 6.18 Å². The minimum atomic E-state index is -5.03. The van der Waals surface area contributed by atoms with Gasteiger partial charge in [0.2, 0.25) is 5.82 Å². The summed E-state index contributed by atoms with van der Waals surface area (Å²) in [6.45, 7) is 0. The lowest BCUT2D eigenvalue weighted by atomic mass is 10.1. The smallest absolute Gasteiger partial charge is 0.407 e. The average Bonchev–Trinajstić information content (AvgIpc) is 2.18. The van der Waals surface area contributed by atoms with Crippen molar-refractivity contribution >= 4 is 0 Å². The highest BCUT2D eigenvalue weighted by atomic mass is 19.4. The highest BCUT2D eigenvalue weighted by molar-refractivity contribution is 5.34. The molecule has 0 aliphatic heterocycles. The second kappa shape index (κ2) is 3.85. The lowest BCUT2D eigenvalue weighted by molar-refractivity contribution is -0.149. The van der Waals surface area contributed by atoms with Crippen molar-refractivity contribution in [2.24, 2.45) is 5.73 Å². The fraction of sp³-hybridized carbons (Fsp3) is 0.250. The van der Waals surface area contributed by atoms with Crippen molar-refractivity contribution in [3.63, 3.8) is 0 Å². The molecule has 0 saturated carbocycles. The summed E-state index contributed by atoms with van der Waals surface area (Å²) in [7, 11) is 0. The number of aromatic hydroxyl groups is 1. The summed E-state index contributed by atoms with van der Waals surface area (Å²) in [6, 6.07) is -2.88. The molecule has 0 aromatic heterocycles. The van der Waals surface area contributed by atoms with Crippen LogP contribution in [-0.4, -0.2) is 11.3 Å². The monoisotopic (exact) mass is 245 g/mol. The number of phenolic OH excluding ortho intramolecular Hbond substituents is 1. The molecule has 0 heterocycles. The number of benzene rings is 1. The van der Waals surface area contributed by atoms with E-state index in [0.29, 0.717) is 0 Å². The standard InChI is InChI=1S/C8H5F6NO/c9-3-1-2(7(15)8(12,13)14)4(10)6(16)5(3)11/h1,7,16H,15H2/t7-/m1/s1. The van der Waals surface area contributed by atoms with Crippen LogP contribution >= 0.6 is 0 Å². The zero-order valence-electron chi connectivity index (χ0n) is 7.45. The van der Waals surface area contributed by atoms with E-state index in [-0.39, 0.29) is 6.07 Å². The van der Waals surface area contributed by atoms with Gasteiger partial charge in [-0.2, -0.15) is 17.6 Å². The number of hydrogen-bond acceptors (Lipinski definition) is 2. The minimum Gasteiger partial charge on any atom is -0.503 e. The maximum Gasteiger partial charge on any atom is 0.407 e. The van der Waals surface area contributed by atoms with E-state index in [4.69, 9.17) is 5.11 Å². The van der Waals surface area contributed by atoms with Gasteiger partial charge in [-0.1, -0.05) is 0 Å². The second-order valence-corrected chi connectivity index (χ2v) is 2.94. The molecular formula is C8H5F6NO. The van der Waals surface area contributed by atoms with E-state index < -0.39 is 41.0 Å². The molecule has 0 unspecified atom stereocenters. The van der Waals surface area contributed by atoms with Gasteiger partial charge in [-0.05, 0) is 6.07 Å². The number of hydrogen-bond donors (Lipinski definition) is 2. The van der Waals surface area contributed by atoms with E-state index >= 15 is 0 Å². The molecule has 8 heteroatoms. The number of halogens is 6. The van der Waals surface area contributed by atoms with E-state index in [1.54, 1.807) is 0 Å². The summed E-state index contributed by atoms with van der Waals surface area (Å²) in [5.74, 6) is -7.53. The van der Waals surface area contributed by atoms with Gasteiger partial charge in [0.1, 0.15) is 6.04 Å². The van der Waals surface area contributed by atoms with Crippen LogP contribution in [-0.2, 0) is 0 Å². The molecule has 0 fully saturated rings. The summed E-state index contributed by atoms with van der Waals surface area (Å²) >= 11 is 0. The summed E-state index contributed by atoms with van der Waals surface area (Å²) < 4.78 is 74.4. The van der Waals surface area contributed by atoms with Gasteiger partial charge in [0.15, 0.2) is 17.4 Å². The maximum atomic E-state index is 13.0. The quantitative estimate of drug-likeness (QED) is 0.589. The maximum absolute atomic E-state index is 13.0. The van der Waals surface area contributed by atoms with Crippen molar-refractivity contribution in [3.05, 3.63) is 29.1 Å². The summed E-state index contributed by atoms with van der Waals surface area (Å²) in [5.41, 5.74) is 3.24. The number of phenols is 1. The van der Waals surface area contributed by atoms with Crippen LogP contribution in [0.1, 0.15) is 11.6 Å². The Morgan fingerprint density at radius 2 is 1.62 bits per heavy atom. The molecule has 0 bridgehead atoms. The Morgan fingerprint density at radius 1 is 1.12 bits per heavy atom. The van der Waals surface area contributed by atoms with E-state index in [0.717, 1.165) is 0 Å². The third kappa shape index (κ3) is 2.06. The molecule has 1 aromatic rings. The zero-order valence-corrected chi connectivity index (χ0v) is 7.45. The molecule has 0 aliphatic carbocycles. The number of rotatable bonds is 1. The Kier molecular flexibility index (Phi) is 3.04. The predicted octanol–water partition coefficient (Wildman–Crippen LogP) is 2.37. The normalized spacial score (nSPS) is 13.9. The molecule has 3 N–H and O–H groups in total. The summed E-state index contributed by atoms with van der Waals surface area (Å²) in [4.78, 5) is 0. The highest BCUT2D eigenvalue weighted by Gasteiger charge is 2.40. The van der Waals surface area contributed by atoms with E-state index in [1.807, 2.05) is 0 Å². The van der Waals surface area contributed by atoms with E-state index in [9.17, 15) is 26.3 Å². The molecule has 0 saturated heterocycles. The van der Waals surface area contributed by atoms with Crippen LogP contribution in [0, 0.1) is 17.5 Å². The van der Waals surface area contributed by atoms with Crippen LogP contribution in [0.3, 0.4) is 0 Å². The van der Waals surface area contributed by atoms with Crippen molar-refractivity contribution in [1.82, 2.24) is 0 Å². The van der Waals surface area contributed by atoms with Crippen molar-refractivity contribution < 1.29 is 31.4 Å². The molecule has 1 aromatic carbocycles. The van der Waals surface area contributed by atoms with Gasteiger partial charge in [-0.25, -0.2) is 8.78 Å². The van der Waals surface area contributed by atoms with Crippen molar-refractivity contribution in [3.8, 4) is 5.75 Å². The minimum absolute atomic E-state index is 0.0391. The molecule has 0 aliphatic rings. The Balaban J connectivity index is 3.36. The topological polar surface area (TPSA) is 46.2 Å². The third-order valence-electron chi connectivity index (χ3n) is 1.85. The van der Waals surface area contributed by atoms with E-state index in [2.05, 4.69) is 5.73 Å². The summed E-state index contributed by atoms with van der Waals surface area (Å²) in [6.07, 6.45) is -5.03. The first-order chi connectivity index (χ1) is 7.16. The lowest BCUT2D eigenvalue weighted by Gasteiger charge is -2.17. The highest BCUT2D eigenvalue weighted by Crippen LogP contribution is 2.35. The first-order valence-electron chi connectivity index (χ1n) is 3.85. The van der Waals surface area contributed by atoms with Gasteiger partial charge in [0, 0.05) is 5.56 Å². The van der Waals surface area contributed by atoms with Gasteiger partial charge in [0.05, 0.1) is 0 Å².